The topological polar surface area (TPSA) is 148 Å². The first-order valence-electron chi connectivity index (χ1n) is 18.3. The summed E-state index contributed by atoms with van der Waals surface area (Å²) in [5, 5.41) is 2.24. The molecule has 12 nitrogen and oxygen atoms in total. The number of aromatic nitrogens is 2. The van der Waals surface area contributed by atoms with E-state index in [-0.39, 0.29) is 53.6 Å². The maximum atomic E-state index is 13.3. The van der Waals surface area contributed by atoms with Crippen molar-refractivity contribution in [2.45, 2.75) is 77.0 Å². The minimum absolute atomic E-state index is 0.0892. The summed E-state index contributed by atoms with van der Waals surface area (Å²) < 4.78 is 12.4. The smallest absolute Gasteiger partial charge is 0.262 e. The molecule has 12 heteroatoms. The summed E-state index contributed by atoms with van der Waals surface area (Å²) in [6, 6.07) is 22.4. The molecule has 54 heavy (non-hydrogen) atoms. The number of benzene rings is 3. The predicted molar refractivity (Wildman–Crippen MR) is 197 cm³/mol. The molecule has 4 aromatic rings. The number of nitrogens with one attached hydrogen (secondary N) is 1. The van der Waals surface area contributed by atoms with Crippen LogP contribution in [0.3, 0.4) is 0 Å². The van der Waals surface area contributed by atoms with Crippen molar-refractivity contribution in [1.82, 2.24) is 20.2 Å². The first-order valence-corrected chi connectivity index (χ1v) is 18.3. The van der Waals surface area contributed by atoms with Crippen molar-refractivity contribution in [3.05, 3.63) is 113 Å². The van der Waals surface area contributed by atoms with Crippen molar-refractivity contribution in [3.63, 3.8) is 0 Å². The number of anilines is 1. The van der Waals surface area contributed by atoms with Crippen LogP contribution in [0.25, 0.3) is 0 Å². The Morgan fingerprint density at radius 3 is 2.26 bits per heavy atom. The van der Waals surface area contributed by atoms with Gasteiger partial charge in [0.25, 0.3) is 11.8 Å². The van der Waals surface area contributed by atoms with Gasteiger partial charge in [-0.1, -0.05) is 38.1 Å². The van der Waals surface area contributed by atoms with Crippen LogP contribution in [0, 0.1) is 5.41 Å². The van der Waals surface area contributed by atoms with Crippen LogP contribution in [-0.4, -0.2) is 69.5 Å². The Morgan fingerprint density at radius 1 is 0.889 bits per heavy atom. The highest BCUT2D eigenvalue weighted by Gasteiger charge is 2.50. The lowest BCUT2D eigenvalue weighted by Crippen LogP contribution is -2.55. The highest BCUT2D eigenvalue weighted by molar-refractivity contribution is 6.23. The summed E-state index contributed by atoms with van der Waals surface area (Å²) >= 11 is 0. The number of nitrogens with zero attached hydrogens (tertiary/aromatic N) is 4. The van der Waals surface area contributed by atoms with Crippen LogP contribution in [0.4, 0.5) is 5.69 Å². The van der Waals surface area contributed by atoms with E-state index in [9.17, 15) is 24.0 Å². The Hall–Kier alpha value is -5.91. The number of carbonyl (C=O) groups excluding carboxylic acids is 5. The number of piperidine rings is 1. The van der Waals surface area contributed by atoms with Gasteiger partial charge in [0.15, 0.2) is 11.6 Å². The van der Waals surface area contributed by atoms with Crippen LogP contribution >= 0.6 is 0 Å². The van der Waals surface area contributed by atoms with Crippen LogP contribution in [-0.2, 0) is 21.6 Å². The summed E-state index contributed by atoms with van der Waals surface area (Å²) in [6.45, 7) is 7.73. The minimum atomic E-state index is -0.976. The van der Waals surface area contributed by atoms with E-state index in [2.05, 4.69) is 58.3 Å². The largest absolute Gasteiger partial charge is 0.490 e. The SMILES string of the molecule is CC(=O)c1nccc(COc2ccc(C(C)(C)c3ccc(OC4CCC5(C4)CN(c4ccc6c(c4)C(=O)N(C4CCC(=O)NC4=O)C6=O)C5)cc3)cc2)n1. The summed E-state index contributed by atoms with van der Waals surface area (Å²) in [7, 11) is 0. The molecule has 3 aliphatic heterocycles. The van der Waals surface area contributed by atoms with E-state index >= 15 is 0 Å². The molecule has 276 valence electrons. The second-order valence-corrected chi connectivity index (χ2v) is 15.4. The third-order valence-electron chi connectivity index (χ3n) is 11.4. The molecule has 0 radical (unpaired) electrons. The second kappa shape index (κ2) is 13.5. The number of carbonyl (C=O) groups is 5. The first-order chi connectivity index (χ1) is 25.9. The maximum Gasteiger partial charge on any atom is 0.262 e. The van der Waals surface area contributed by atoms with Gasteiger partial charge in [-0.25, -0.2) is 9.97 Å². The number of rotatable bonds is 10. The summed E-state index contributed by atoms with van der Waals surface area (Å²) in [6.07, 6.45) is 4.84. The molecule has 4 aliphatic rings. The Kier molecular flexibility index (Phi) is 8.78. The number of amides is 4. The number of hydrogen-bond acceptors (Lipinski definition) is 10. The fourth-order valence-corrected chi connectivity index (χ4v) is 8.22. The zero-order valence-electron chi connectivity index (χ0n) is 30.5. The molecule has 2 atom stereocenters. The van der Waals surface area contributed by atoms with Crippen LogP contribution < -0.4 is 19.7 Å². The number of Topliss-reactive ketones (excluding diaryl/α,β-unsaturated/α-hetero) is 1. The number of ether oxygens (including phenoxy) is 2. The molecule has 1 N–H and O–H groups in total. The fraction of sp³-hybridized carbons (Fsp3) is 0.357. The Morgan fingerprint density at radius 2 is 1.57 bits per heavy atom. The maximum absolute atomic E-state index is 13.3. The van der Waals surface area contributed by atoms with Crippen molar-refractivity contribution in [2.24, 2.45) is 5.41 Å². The molecular weight excluding hydrogens is 686 g/mol. The molecule has 2 unspecified atom stereocenters. The molecule has 8 rings (SSSR count). The molecule has 4 heterocycles. The summed E-state index contributed by atoms with van der Waals surface area (Å²) in [4.78, 5) is 73.5. The molecule has 1 aromatic heterocycles. The van der Waals surface area contributed by atoms with Crippen LogP contribution in [0.2, 0.25) is 0 Å². The predicted octanol–water partition coefficient (Wildman–Crippen LogP) is 5.42. The summed E-state index contributed by atoms with van der Waals surface area (Å²) in [5.74, 6) is -0.440. The van der Waals surface area contributed by atoms with Crippen molar-refractivity contribution in [2.75, 3.05) is 18.0 Å². The van der Waals surface area contributed by atoms with Crippen LogP contribution in [0.15, 0.2) is 79.0 Å². The van der Waals surface area contributed by atoms with Crippen LogP contribution in [0.1, 0.15) is 101 Å². The van der Waals surface area contributed by atoms with Gasteiger partial charge in [-0.15, -0.1) is 0 Å². The van der Waals surface area contributed by atoms with Gasteiger partial charge in [0.1, 0.15) is 24.1 Å². The average Bonchev–Trinajstić information content (AvgIpc) is 3.68. The molecule has 4 amide bonds. The summed E-state index contributed by atoms with van der Waals surface area (Å²) in [5.41, 5.74) is 4.28. The molecule has 1 saturated carbocycles. The van der Waals surface area contributed by atoms with Gasteiger partial charge < -0.3 is 14.4 Å². The molecule has 3 fully saturated rings. The molecular formula is C42H41N5O7. The monoisotopic (exact) mass is 727 g/mol. The first kappa shape index (κ1) is 35.1. The lowest BCUT2D eigenvalue weighted by molar-refractivity contribution is -0.136. The second-order valence-electron chi connectivity index (χ2n) is 15.4. The molecule has 0 bridgehead atoms. The third kappa shape index (κ3) is 6.50. The van der Waals surface area contributed by atoms with Crippen molar-refractivity contribution in [1.29, 1.82) is 0 Å². The highest BCUT2D eigenvalue weighted by atomic mass is 16.5. The minimum Gasteiger partial charge on any atom is -0.490 e. The van der Waals surface area contributed by atoms with Gasteiger partial charge in [-0.05, 0) is 85.3 Å². The molecule has 2 saturated heterocycles. The van der Waals surface area contributed by atoms with Crippen LogP contribution in [0.5, 0.6) is 11.5 Å². The van der Waals surface area contributed by atoms with Gasteiger partial charge in [-0.3, -0.25) is 34.2 Å². The normalized spacial score (nSPS) is 20.5. The lowest BCUT2D eigenvalue weighted by atomic mass is 9.77. The number of fused-ring (bicyclic) bond motifs is 1. The molecule has 1 spiro atoms. The highest BCUT2D eigenvalue weighted by Crippen LogP contribution is 2.48. The van der Waals surface area contributed by atoms with E-state index < -0.39 is 29.7 Å². The Labute approximate surface area is 312 Å². The number of ketones is 1. The molecule has 3 aromatic carbocycles. The van der Waals surface area contributed by atoms with E-state index in [4.69, 9.17) is 9.47 Å². The van der Waals surface area contributed by atoms with E-state index in [0.29, 0.717) is 17.0 Å². The van der Waals surface area contributed by atoms with Crippen molar-refractivity contribution >= 4 is 35.1 Å². The van der Waals surface area contributed by atoms with Gasteiger partial charge in [0.2, 0.25) is 11.8 Å². The van der Waals surface area contributed by atoms with E-state index in [1.807, 2.05) is 30.3 Å². The van der Waals surface area contributed by atoms with E-state index in [1.165, 1.54) is 6.92 Å². The zero-order valence-corrected chi connectivity index (χ0v) is 30.5. The molecule has 1 aliphatic carbocycles. The fourth-order valence-electron chi connectivity index (χ4n) is 8.22. The average molecular weight is 728 g/mol. The van der Waals surface area contributed by atoms with Gasteiger partial charge in [0.05, 0.1) is 22.9 Å². The Bertz CT molecular complexity index is 2180. The zero-order chi connectivity index (χ0) is 37.8. The van der Waals surface area contributed by atoms with E-state index in [1.54, 1.807) is 24.4 Å². The van der Waals surface area contributed by atoms with Crippen molar-refractivity contribution in [3.8, 4) is 11.5 Å². The van der Waals surface area contributed by atoms with Gasteiger partial charge in [-0.2, -0.15) is 0 Å². The standard InChI is InChI=1S/C42H41N5O7/c1-25(48)37-43-19-17-28(44-37)22-53-30-9-4-26(5-10-30)41(2,3)27-6-11-31(12-7-27)54-32-16-18-42(21-32)23-46(24-42)29-8-13-33-34(20-29)40(52)47(39(33)51)35-14-15-36(49)45-38(35)50/h4-13,17,19-20,32,35H,14-16,18,21-24H2,1-3H3,(H,45,49,50). The quantitative estimate of drug-likeness (QED) is 0.166. The lowest BCUT2D eigenvalue weighted by Gasteiger charge is -2.49. The van der Waals surface area contributed by atoms with Crippen molar-refractivity contribution < 1.29 is 33.4 Å². The third-order valence-corrected chi connectivity index (χ3v) is 11.4. The Balaban J connectivity index is 0.842. The van der Waals surface area contributed by atoms with Gasteiger partial charge in [0, 0.05) is 49.1 Å². The van der Waals surface area contributed by atoms with E-state index in [0.717, 1.165) is 59.8 Å². The van der Waals surface area contributed by atoms with Gasteiger partial charge >= 0.3 is 0 Å². The number of hydrogen-bond donors (Lipinski definition) is 1. The number of imide groups is 2.